The number of ether oxygens (including phenoxy) is 1. The van der Waals surface area contributed by atoms with Crippen LogP contribution in [0.25, 0.3) is 10.2 Å². The first-order chi connectivity index (χ1) is 15.2. The molecule has 1 aliphatic heterocycles. The highest BCUT2D eigenvalue weighted by Gasteiger charge is 2.24. The summed E-state index contributed by atoms with van der Waals surface area (Å²) in [6.07, 6.45) is 0. The minimum atomic E-state index is -0.298. The van der Waals surface area contributed by atoms with Gasteiger partial charge >= 0.3 is 0 Å². The van der Waals surface area contributed by atoms with Gasteiger partial charge in [-0.2, -0.15) is 0 Å². The molecule has 4 aromatic rings. The molecule has 1 aromatic heterocycles. The van der Waals surface area contributed by atoms with E-state index in [-0.39, 0.29) is 11.7 Å². The Morgan fingerprint density at radius 2 is 1.58 bits per heavy atom. The van der Waals surface area contributed by atoms with Gasteiger partial charge in [-0.25, -0.2) is 9.37 Å². The Labute approximate surface area is 183 Å². The SMILES string of the molecule is O=C(c1ccc(Oc2ccccc2)cc1)N1CCN(c2nc3c(F)cccc3s2)CC1. The van der Waals surface area contributed by atoms with Crippen LogP contribution in [0.2, 0.25) is 0 Å². The van der Waals surface area contributed by atoms with Gasteiger partial charge in [-0.15, -0.1) is 0 Å². The summed E-state index contributed by atoms with van der Waals surface area (Å²) in [5.74, 6) is 1.15. The molecule has 0 unspecified atom stereocenters. The van der Waals surface area contributed by atoms with E-state index in [1.54, 1.807) is 18.2 Å². The van der Waals surface area contributed by atoms with E-state index in [0.717, 1.165) is 15.6 Å². The van der Waals surface area contributed by atoms with Crippen molar-refractivity contribution in [1.29, 1.82) is 0 Å². The average Bonchev–Trinajstić information content (AvgIpc) is 3.26. The van der Waals surface area contributed by atoms with Crippen LogP contribution in [-0.4, -0.2) is 42.0 Å². The first-order valence-electron chi connectivity index (χ1n) is 10.1. The number of hydrogen-bond acceptors (Lipinski definition) is 5. The summed E-state index contributed by atoms with van der Waals surface area (Å²) < 4.78 is 20.6. The third-order valence-electron chi connectivity index (χ3n) is 5.28. The number of halogens is 1. The van der Waals surface area contributed by atoms with Crippen molar-refractivity contribution in [1.82, 2.24) is 9.88 Å². The molecule has 1 saturated heterocycles. The smallest absolute Gasteiger partial charge is 0.253 e. The minimum Gasteiger partial charge on any atom is -0.457 e. The number of carbonyl (C=O) groups excluding carboxylic acids is 1. The van der Waals surface area contributed by atoms with Crippen LogP contribution < -0.4 is 9.64 Å². The molecule has 0 saturated carbocycles. The van der Waals surface area contributed by atoms with Gasteiger partial charge in [0.2, 0.25) is 0 Å². The lowest BCUT2D eigenvalue weighted by Crippen LogP contribution is -2.48. The topological polar surface area (TPSA) is 45.7 Å². The number of aromatic nitrogens is 1. The van der Waals surface area contributed by atoms with E-state index in [0.29, 0.717) is 43.0 Å². The number of hydrogen-bond donors (Lipinski definition) is 0. The highest BCUT2D eigenvalue weighted by molar-refractivity contribution is 7.22. The van der Waals surface area contributed by atoms with E-state index in [9.17, 15) is 9.18 Å². The Morgan fingerprint density at radius 1 is 0.871 bits per heavy atom. The molecule has 156 valence electrons. The van der Waals surface area contributed by atoms with E-state index >= 15 is 0 Å². The second-order valence-corrected chi connectivity index (χ2v) is 8.31. The Kier molecular flexibility index (Phi) is 5.26. The van der Waals surface area contributed by atoms with Crippen molar-refractivity contribution in [2.45, 2.75) is 0 Å². The van der Waals surface area contributed by atoms with E-state index in [1.807, 2.05) is 53.4 Å². The Bertz CT molecular complexity index is 1200. The largest absolute Gasteiger partial charge is 0.457 e. The predicted molar refractivity (Wildman–Crippen MR) is 121 cm³/mol. The van der Waals surface area contributed by atoms with Gasteiger partial charge in [0.15, 0.2) is 5.13 Å². The number of anilines is 1. The molecule has 1 aliphatic rings. The summed E-state index contributed by atoms with van der Waals surface area (Å²) >= 11 is 1.48. The zero-order chi connectivity index (χ0) is 21.2. The number of amides is 1. The second kappa shape index (κ2) is 8.35. The molecule has 2 heterocycles. The van der Waals surface area contributed by atoms with Gasteiger partial charge in [-0.3, -0.25) is 4.79 Å². The maximum Gasteiger partial charge on any atom is 0.253 e. The molecule has 0 N–H and O–H groups in total. The van der Waals surface area contributed by atoms with Crippen molar-refractivity contribution >= 4 is 32.6 Å². The quantitative estimate of drug-likeness (QED) is 0.444. The van der Waals surface area contributed by atoms with Crippen molar-refractivity contribution < 1.29 is 13.9 Å². The number of carbonyl (C=O) groups is 1. The molecule has 0 bridgehead atoms. The van der Waals surface area contributed by atoms with Crippen molar-refractivity contribution in [2.24, 2.45) is 0 Å². The van der Waals surface area contributed by atoms with Crippen LogP contribution in [0.4, 0.5) is 9.52 Å². The fourth-order valence-electron chi connectivity index (χ4n) is 3.61. The van der Waals surface area contributed by atoms with E-state index in [1.165, 1.54) is 17.4 Å². The van der Waals surface area contributed by atoms with Crippen molar-refractivity contribution in [2.75, 3.05) is 31.1 Å². The first kappa shape index (κ1) is 19.5. The highest BCUT2D eigenvalue weighted by Crippen LogP contribution is 2.31. The summed E-state index contributed by atoms with van der Waals surface area (Å²) in [4.78, 5) is 21.3. The summed E-state index contributed by atoms with van der Waals surface area (Å²) in [6, 6.07) is 21.8. The van der Waals surface area contributed by atoms with Crippen LogP contribution in [0.15, 0.2) is 72.8 Å². The van der Waals surface area contributed by atoms with Gasteiger partial charge < -0.3 is 14.5 Å². The molecule has 3 aromatic carbocycles. The van der Waals surface area contributed by atoms with Crippen LogP contribution in [0, 0.1) is 5.82 Å². The van der Waals surface area contributed by atoms with Crippen LogP contribution >= 0.6 is 11.3 Å². The van der Waals surface area contributed by atoms with Crippen LogP contribution in [0.3, 0.4) is 0 Å². The molecule has 0 atom stereocenters. The lowest BCUT2D eigenvalue weighted by Gasteiger charge is -2.34. The maximum absolute atomic E-state index is 13.9. The standard InChI is InChI=1S/C24H20FN3O2S/c25-20-7-4-8-21-22(20)26-24(31-21)28-15-13-27(14-16-28)23(29)17-9-11-19(12-10-17)30-18-5-2-1-3-6-18/h1-12H,13-16H2. The summed E-state index contributed by atoms with van der Waals surface area (Å²) in [5.41, 5.74) is 1.05. The molecule has 5 rings (SSSR count). The van der Waals surface area contributed by atoms with Gasteiger partial charge in [0, 0.05) is 31.7 Å². The van der Waals surface area contributed by atoms with E-state index in [2.05, 4.69) is 9.88 Å². The van der Waals surface area contributed by atoms with Crippen LogP contribution in [-0.2, 0) is 0 Å². The number of fused-ring (bicyclic) bond motifs is 1. The molecular weight excluding hydrogens is 413 g/mol. The fourth-order valence-corrected chi connectivity index (χ4v) is 4.64. The summed E-state index contributed by atoms with van der Waals surface area (Å²) in [6.45, 7) is 2.53. The molecule has 1 amide bonds. The van der Waals surface area contributed by atoms with Gasteiger partial charge in [0.05, 0.1) is 4.70 Å². The number of rotatable bonds is 4. The van der Waals surface area contributed by atoms with Gasteiger partial charge in [-0.1, -0.05) is 35.6 Å². The van der Waals surface area contributed by atoms with E-state index < -0.39 is 0 Å². The Morgan fingerprint density at radius 3 is 2.29 bits per heavy atom. The summed E-state index contributed by atoms with van der Waals surface area (Å²) in [7, 11) is 0. The van der Waals surface area contributed by atoms with Gasteiger partial charge in [0.25, 0.3) is 5.91 Å². The molecule has 0 aliphatic carbocycles. The van der Waals surface area contributed by atoms with Crippen molar-refractivity contribution in [3.05, 3.63) is 84.2 Å². The van der Waals surface area contributed by atoms with Gasteiger partial charge in [0.1, 0.15) is 22.8 Å². The zero-order valence-electron chi connectivity index (χ0n) is 16.7. The molecular formula is C24H20FN3O2S. The number of piperazine rings is 1. The number of benzene rings is 3. The molecule has 0 radical (unpaired) electrons. The number of thiazole rings is 1. The van der Waals surface area contributed by atoms with Crippen LogP contribution in [0.1, 0.15) is 10.4 Å². The first-order valence-corrected chi connectivity index (χ1v) is 10.9. The lowest BCUT2D eigenvalue weighted by molar-refractivity contribution is 0.0747. The van der Waals surface area contributed by atoms with E-state index in [4.69, 9.17) is 4.74 Å². The minimum absolute atomic E-state index is 0.00116. The third kappa shape index (κ3) is 4.09. The lowest BCUT2D eigenvalue weighted by atomic mass is 10.1. The van der Waals surface area contributed by atoms with Crippen molar-refractivity contribution in [3.63, 3.8) is 0 Å². The number of nitrogens with zero attached hydrogens (tertiary/aromatic N) is 3. The molecule has 5 nitrogen and oxygen atoms in total. The molecule has 1 fully saturated rings. The van der Waals surface area contributed by atoms with Crippen molar-refractivity contribution in [3.8, 4) is 11.5 Å². The summed E-state index contributed by atoms with van der Waals surface area (Å²) in [5, 5.41) is 0.801. The monoisotopic (exact) mass is 433 g/mol. The highest BCUT2D eigenvalue weighted by atomic mass is 32.1. The Hall–Kier alpha value is -3.45. The molecule has 7 heteroatoms. The molecule has 31 heavy (non-hydrogen) atoms. The third-order valence-corrected chi connectivity index (χ3v) is 6.36. The zero-order valence-corrected chi connectivity index (χ0v) is 17.5. The second-order valence-electron chi connectivity index (χ2n) is 7.30. The maximum atomic E-state index is 13.9. The number of para-hydroxylation sites is 2. The normalized spacial score (nSPS) is 14.1. The predicted octanol–water partition coefficient (Wildman–Crippen LogP) is 5.19. The molecule has 0 spiro atoms. The Balaban J connectivity index is 1.22. The van der Waals surface area contributed by atoms with Crippen LogP contribution in [0.5, 0.6) is 11.5 Å². The average molecular weight is 434 g/mol. The van der Waals surface area contributed by atoms with Gasteiger partial charge in [-0.05, 0) is 48.5 Å². The fraction of sp³-hybridized carbons (Fsp3) is 0.167.